The van der Waals surface area contributed by atoms with Gasteiger partial charge in [-0.05, 0) is 36.0 Å². The Balaban J connectivity index is 1.90. The highest BCUT2D eigenvalue weighted by Crippen LogP contribution is 2.61. The summed E-state index contributed by atoms with van der Waals surface area (Å²) in [6.45, 7) is 0. The molecular formula is C15H18O2S. The minimum atomic E-state index is -0.647. The van der Waals surface area contributed by atoms with E-state index in [-0.39, 0.29) is 0 Å². The Bertz CT molecular complexity index is 462. The predicted octanol–water partition coefficient (Wildman–Crippen LogP) is 3.51. The third-order valence-corrected chi connectivity index (χ3v) is 5.05. The van der Waals surface area contributed by atoms with E-state index in [1.54, 1.807) is 0 Å². The van der Waals surface area contributed by atoms with Crippen molar-refractivity contribution in [1.82, 2.24) is 0 Å². The summed E-state index contributed by atoms with van der Waals surface area (Å²) < 4.78 is 0. The lowest BCUT2D eigenvalue weighted by molar-refractivity contribution is -0.140. The van der Waals surface area contributed by atoms with Crippen LogP contribution in [-0.2, 0) is 10.2 Å². The number of carboxylic acid groups (broad SMARTS) is 1. The number of carboxylic acids is 1. The molecule has 2 aliphatic carbocycles. The van der Waals surface area contributed by atoms with E-state index in [9.17, 15) is 9.90 Å². The molecule has 0 aliphatic heterocycles. The van der Waals surface area contributed by atoms with Gasteiger partial charge in [-0.1, -0.05) is 37.8 Å². The van der Waals surface area contributed by atoms with Crippen LogP contribution in [0, 0.1) is 11.8 Å². The molecule has 0 radical (unpaired) electrons. The number of aliphatic carboxylic acids is 1. The summed E-state index contributed by atoms with van der Waals surface area (Å²) in [7, 11) is 0. The molecule has 18 heavy (non-hydrogen) atoms. The van der Waals surface area contributed by atoms with Crippen molar-refractivity contribution in [2.45, 2.75) is 42.4 Å². The van der Waals surface area contributed by atoms with Crippen molar-refractivity contribution in [2.75, 3.05) is 0 Å². The van der Waals surface area contributed by atoms with Crippen molar-refractivity contribution < 1.29 is 9.90 Å². The zero-order valence-corrected chi connectivity index (χ0v) is 11.2. The average molecular weight is 262 g/mol. The molecule has 0 spiro atoms. The molecule has 2 nitrogen and oxygen atoms in total. The van der Waals surface area contributed by atoms with Gasteiger partial charge < -0.3 is 5.11 Å². The fourth-order valence-electron chi connectivity index (χ4n) is 3.68. The van der Waals surface area contributed by atoms with Crippen molar-refractivity contribution in [2.24, 2.45) is 11.8 Å². The highest BCUT2D eigenvalue weighted by Gasteiger charge is 2.63. The van der Waals surface area contributed by atoms with E-state index in [1.165, 1.54) is 25.7 Å². The first-order valence-electron chi connectivity index (χ1n) is 6.67. The van der Waals surface area contributed by atoms with E-state index >= 15 is 0 Å². The first-order chi connectivity index (χ1) is 8.64. The smallest absolute Gasteiger partial charge is 0.314 e. The van der Waals surface area contributed by atoms with E-state index in [4.69, 9.17) is 0 Å². The van der Waals surface area contributed by atoms with E-state index < -0.39 is 11.4 Å². The molecule has 0 aromatic heterocycles. The summed E-state index contributed by atoms with van der Waals surface area (Å²) in [5.41, 5.74) is 0.362. The van der Waals surface area contributed by atoms with E-state index in [0.29, 0.717) is 11.8 Å². The van der Waals surface area contributed by atoms with Crippen LogP contribution in [0.15, 0.2) is 29.2 Å². The van der Waals surface area contributed by atoms with Crippen LogP contribution in [-0.4, -0.2) is 11.1 Å². The minimum absolute atomic E-state index is 0.350. The molecule has 3 rings (SSSR count). The van der Waals surface area contributed by atoms with Crippen LogP contribution in [0.1, 0.15) is 37.7 Å². The van der Waals surface area contributed by atoms with Crippen molar-refractivity contribution in [3.8, 4) is 0 Å². The molecule has 1 N–H and O–H groups in total. The van der Waals surface area contributed by atoms with Gasteiger partial charge in [-0.15, -0.1) is 12.6 Å². The van der Waals surface area contributed by atoms with Gasteiger partial charge in [0.1, 0.15) is 0 Å². The largest absolute Gasteiger partial charge is 0.481 e. The van der Waals surface area contributed by atoms with Gasteiger partial charge in [-0.3, -0.25) is 4.79 Å². The molecular weight excluding hydrogens is 244 g/mol. The second-order valence-corrected chi connectivity index (χ2v) is 6.19. The lowest BCUT2D eigenvalue weighted by atomic mass is 9.87. The van der Waals surface area contributed by atoms with E-state index in [2.05, 4.69) is 12.6 Å². The highest BCUT2D eigenvalue weighted by molar-refractivity contribution is 7.80. The van der Waals surface area contributed by atoms with Crippen LogP contribution in [0.5, 0.6) is 0 Å². The Morgan fingerprint density at radius 3 is 2.39 bits per heavy atom. The fraction of sp³-hybridized carbons (Fsp3) is 0.533. The van der Waals surface area contributed by atoms with Gasteiger partial charge in [0.2, 0.25) is 0 Å². The average Bonchev–Trinajstić information content (AvgIpc) is 2.89. The molecule has 2 saturated carbocycles. The molecule has 0 heterocycles. The molecule has 2 atom stereocenters. The summed E-state index contributed by atoms with van der Waals surface area (Å²) in [4.78, 5) is 12.6. The molecule has 2 unspecified atom stereocenters. The molecule has 3 heteroatoms. The maximum atomic E-state index is 11.7. The molecule has 96 valence electrons. The molecule has 0 bridgehead atoms. The monoisotopic (exact) mass is 262 g/mol. The first-order valence-corrected chi connectivity index (χ1v) is 7.12. The summed E-state index contributed by atoms with van der Waals surface area (Å²) in [5.74, 6) is 0.325. The Kier molecular flexibility index (Phi) is 2.89. The van der Waals surface area contributed by atoms with Crippen LogP contribution in [0.4, 0.5) is 0 Å². The van der Waals surface area contributed by atoms with Crippen LogP contribution in [0.2, 0.25) is 0 Å². The first kappa shape index (κ1) is 12.1. The number of hydrogen-bond acceptors (Lipinski definition) is 2. The van der Waals surface area contributed by atoms with Crippen LogP contribution in [0.3, 0.4) is 0 Å². The Labute approximate surface area is 113 Å². The van der Waals surface area contributed by atoms with Gasteiger partial charge in [-0.2, -0.15) is 0 Å². The van der Waals surface area contributed by atoms with Crippen LogP contribution >= 0.6 is 12.6 Å². The maximum absolute atomic E-state index is 11.7. The molecule has 2 aliphatic rings. The molecule has 0 amide bonds. The molecule has 1 aromatic carbocycles. The summed E-state index contributed by atoms with van der Waals surface area (Å²) in [5, 5.41) is 9.64. The summed E-state index contributed by atoms with van der Waals surface area (Å²) in [6.07, 6.45) is 5.78. The van der Waals surface area contributed by atoms with Gasteiger partial charge in [0.05, 0.1) is 5.41 Å². The number of benzene rings is 1. The topological polar surface area (TPSA) is 37.3 Å². The van der Waals surface area contributed by atoms with E-state index in [0.717, 1.165) is 16.9 Å². The SMILES string of the molecule is O=C(O)C1(c2ccc(S)cc2)CC1C1CCCC1. The minimum Gasteiger partial charge on any atom is -0.481 e. The second-order valence-electron chi connectivity index (χ2n) is 5.68. The number of rotatable bonds is 3. The zero-order valence-electron chi connectivity index (χ0n) is 10.3. The van der Waals surface area contributed by atoms with Crippen molar-refractivity contribution in [3.05, 3.63) is 29.8 Å². The van der Waals surface area contributed by atoms with Gasteiger partial charge >= 0.3 is 5.97 Å². The van der Waals surface area contributed by atoms with Gasteiger partial charge in [-0.25, -0.2) is 0 Å². The standard InChI is InChI=1S/C15H18O2S/c16-14(17)15(11-5-7-12(18)8-6-11)9-13(15)10-3-1-2-4-10/h5-8,10,13,18H,1-4,9H2,(H,16,17). The predicted molar refractivity (Wildman–Crippen MR) is 73.1 cm³/mol. The number of thiol groups is 1. The van der Waals surface area contributed by atoms with Gasteiger partial charge in [0, 0.05) is 4.90 Å². The maximum Gasteiger partial charge on any atom is 0.314 e. The van der Waals surface area contributed by atoms with Gasteiger partial charge in [0.25, 0.3) is 0 Å². The Morgan fingerprint density at radius 1 is 1.22 bits per heavy atom. The molecule has 2 fully saturated rings. The van der Waals surface area contributed by atoms with Crippen LogP contribution < -0.4 is 0 Å². The van der Waals surface area contributed by atoms with Gasteiger partial charge in [0.15, 0.2) is 0 Å². The zero-order chi connectivity index (χ0) is 12.8. The Morgan fingerprint density at radius 2 is 1.83 bits per heavy atom. The second kappa shape index (κ2) is 4.30. The molecule has 1 aromatic rings. The summed E-state index contributed by atoms with van der Waals surface area (Å²) >= 11 is 4.26. The highest BCUT2D eigenvalue weighted by atomic mass is 32.1. The lowest BCUT2D eigenvalue weighted by Crippen LogP contribution is -2.24. The third kappa shape index (κ3) is 1.76. The van der Waals surface area contributed by atoms with Crippen molar-refractivity contribution in [3.63, 3.8) is 0 Å². The number of hydrogen-bond donors (Lipinski definition) is 2. The summed E-state index contributed by atoms with van der Waals surface area (Å²) in [6, 6.07) is 7.66. The normalized spacial score (nSPS) is 31.5. The Hall–Kier alpha value is -0.960. The molecule has 0 saturated heterocycles. The van der Waals surface area contributed by atoms with E-state index in [1.807, 2.05) is 24.3 Å². The quantitative estimate of drug-likeness (QED) is 0.818. The van der Waals surface area contributed by atoms with Crippen molar-refractivity contribution >= 4 is 18.6 Å². The lowest BCUT2D eigenvalue weighted by Gasteiger charge is -2.16. The third-order valence-electron chi connectivity index (χ3n) is 4.75. The number of carbonyl (C=O) groups is 1. The fourth-order valence-corrected chi connectivity index (χ4v) is 3.83. The van der Waals surface area contributed by atoms with Crippen LogP contribution in [0.25, 0.3) is 0 Å². The van der Waals surface area contributed by atoms with Crippen molar-refractivity contribution in [1.29, 1.82) is 0 Å².